The molecule has 0 unspecified atom stereocenters. The van der Waals surface area contributed by atoms with Crippen molar-refractivity contribution >= 4 is 5.91 Å². The monoisotopic (exact) mass is 252 g/mol. The second-order valence-electron chi connectivity index (χ2n) is 4.62. The molecule has 1 amide bonds. The van der Waals surface area contributed by atoms with Crippen LogP contribution in [0.3, 0.4) is 0 Å². The summed E-state index contributed by atoms with van der Waals surface area (Å²) in [6.07, 6.45) is -0.0596. The molecular weight excluding hydrogens is 232 g/mol. The third-order valence-corrected chi connectivity index (χ3v) is 2.12. The van der Waals surface area contributed by atoms with Crippen molar-refractivity contribution < 1.29 is 14.3 Å². The number of nitrogens with zero attached hydrogens (tertiary/aromatic N) is 1. The van der Waals surface area contributed by atoms with E-state index in [0.717, 1.165) is 0 Å². The van der Waals surface area contributed by atoms with E-state index >= 15 is 0 Å². The topological polar surface area (TPSA) is 74.4 Å². The maximum atomic E-state index is 11.3. The highest BCUT2D eigenvalue weighted by molar-refractivity contribution is 5.94. The Hall–Kier alpha value is -1.78. The summed E-state index contributed by atoms with van der Waals surface area (Å²) < 4.78 is 11.2. The number of amides is 1. The minimum absolute atomic E-state index is 0.0224. The summed E-state index contributed by atoms with van der Waals surface area (Å²) in [6, 6.07) is 1.59. The molecular formula is C13H20N2O3. The first kappa shape index (κ1) is 14.3. The fourth-order valence-corrected chi connectivity index (χ4v) is 1.46. The number of rotatable bonds is 5. The predicted molar refractivity (Wildman–Crippen MR) is 69.0 cm³/mol. The molecule has 1 heterocycles. The number of carbonyl (C=O) groups is 1. The van der Waals surface area contributed by atoms with E-state index in [1.54, 1.807) is 13.0 Å². The number of hydrogen-bond acceptors (Lipinski definition) is 4. The van der Waals surface area contributed by atoms with E-state index in [1.807, 2.05) is 27.7 Å². The first-order chi connectivity index (χ1) is 8.31. The van der Waals surface area contributed by atoms with Gasteiger partial charge in [0, 0.05) is 6.07 Å². The Morgan fingerprint density at radius 1 is 1.22 bits per heavy atom. The molecule has 1 aromatic heterocycles. The molecule has 1 rings (SSSR count). The number of nitrogens with two attached hydrogens (primary N) is 1. The Bertz CT molecular complexity index is 442. The zero-order valence-electron chi connectivity index (χ0n) is 11.5. The van der Waals surface area contributed by atoms with Crippen LogP contribution in [0.15, 0.2) is 6.07 Å². The fourth-order valence-electron chi connectivity index (χ4n) is 1.46. The first-order valence-corrected chi connectivity index (χ1v) is 5.96. The van der Waals surface area contributed by atoms with Gasteiger partial charge >= 0.3 is 0 Å². The number of carbonyl (C=O) groups excluding carboxylic acids is 1. The summed E-state index contributed by atoms with van der Waals surface area (Å²) in [6.45, 7) is 9.30. The van der Waals surface area contributed by atoms with E-state index in [1.165, 1.54) is 0 Å². The van der Waals surface area contributed by atoms with Crippen molar-refractivity contribution in [3.63, 3.8) is 0 Å². The lowest BCUT2D eigenvalue weighted by atomic mass is 10.2. The molecule has 0 atom stereocenters. The highest BCUT2D eigenvalue weighted by Crippen LogP contribution is 2.29. The number of primary amides is 1. The van der Waals surface area contributed by atoms with Crippen LogP contribution >= 0.6 is 0 Å². The average molecular weight is 252 g/mol. The van der Waals surface area contributed by atoms with Gasteiger partial charge in [-0.3, -0.25) is 4.79 Å². The van der Waals surface area contributed by atoms with Gasteiger partial charge in [0.25, 0.3) is 11.8 Å². The standard InChI is InChI=1S/C13H20N2O3/c1-7(2)17-11-6-10(12(14)16)9(5)15-13(11)18-8(3)4/h6-8H,1-5H3,(H2,14,16). The highest BCUT2D eigenvalue weighted by Gasteiger charge is 2.16. The molecule has 0 aliphatic rings. The van der Waals surface area contributed by atoms with Crippen molar-refractivity contribution in [2.75, 3.05) is 0 Å². The number of aromatic nitrogens is 1. The normalized spacial score (nSPS) is 10.8. The second-order valence-corrected chi connectivity index (χ2v) is 4.62. The zero-order valence-corrected chi connectivity index (χ0v) is 11.5. The first-order valence-electron chi connectivity index (χ1n) is 5.96. The zero-order chi connectivity index (χ0) is 13.9. The van der Waals surface area contributed by atoms with Crippen LogP contribution in [0.4, 0.5) is 0 Å². The lowest BCUT2D eigenvalue weighted by molar-refractivity contribution is 0.0998. The van der Waals surface area contributed by atoms with Crippen LogP contribution in [0.25, 0.3) is 0 Å². The van der Waals surface area contributed by atoms with E-state index in [-0.39, 0.29) is 12.2 Å². The van der Waals surface area contributed by atoms with Crippen LogP contribution in [0.5, 0.6) is 11.6 Å². The third-order valence-electron chi connectivity index (χ3n) is 2.12. The van der Waals surface area contributed by atoms with Crippen molar-refractivity contribution in [3.05, 3.63) is 17.3 Å². The molecule has 0 radical (unpaired) electrons. The number of aryl methyl sites for hydroxylation is 1. The maximum Gasteiger partial charge on any atom is 0.257 e. The van der Waals surface area contributed by atoms with Crippen molar-refractivity contribution in [1.82, 2.24) is 4.98 Å². The van der Waals surface area contributed by atoms with Gasteiger partial charge in [0.05, 0.1) is 23.5 Å². The van der Waals surface area contributed by atoms with E-state index in [2.05, 4.69) is 4.98 Å². The lowest BCUT2D eigenvalue weighted by Crippen LogP contribution is -2.17. The van der Waals surface area contributed by atoms with Gasteiger partial charge in [-0.05, 0) is 34.6 Å². The number of ether oxygens (including phenoxy) is 2. The van der Waals surface area contributed by atoms with E-state index in [9.17, 15) is 4.79 Å². The Balaban J connectivity index is 3.22. The molecule has 0 aliphatic heterocycles. The molecule has 5 heteroatoms. The molecule has 0 saturated heterocycles. The van der Waals surface area contributed by atoms with E-state index in [0.29, 0.717) is 22.9 Å². The van der Waals surface area contributed by atoms with Crippen LogP contribution in [-0.4, -0.2) is 23.1 Å². The highest BCUT2D eigenvalue weighted by atomic mass is 16.5. The fraction of sp³-hybridized carbons (Fsp3) is 0.538. The van der Waals surface area contributed by atoms with Gasteiger partial charge in [-0.15, -0.1) is 0 Å². The van der Waals surface area contributed by atoms with Crippen molar-refractivity contribution in [1.29, 1.82) is 0 Å². The van der Waals surface area contributed by atoms with Gasteiger partial charge in [-0.1, -0.05) is 0 Å². The Labute approximate surface area is 107 Å². The second kappa shape index (κ2) is 5.71. The Kier molecular flexibility index (Phi) is 4.53. The van der Waals surface area contributed by atoms with E-state index < -0.39 is 5.91 Å². The van der Waals surface area contributed by atoms with Crippen molar-refractivity contribution in [2.45, 2.75) is 46.8 Å². The van der Waals surface area contributed by atoms with Crippen LogP contribution in [0.1, 0.15) is 43.7 Å². The average Bonchev–Trinajstić information content (AvgIpc) is 2.19. The van der Waals surface area contributed by atoms with Crippen LogP contribution in [0.2, 0.25) is 0 Å². The minimum atomic E-state index is -0.523. The smallest absolute Gasteiger partial charge is 0.257 e. The Morgan fingerprint density at radius 2 is 1.78 bits per heavy atom. The molecule has 1 aromatic rings. The third kappa shape index (κ3) is 3.61. The summed E-state index contributed by atoms with van der Waals surface area (Å²) in [7, 11) is 0. The van der Waals surface area contributed by atoms with Gasteiger partial charge in [-0.2, -0.15) is 0 Å². The van der Waals surface area contributed by atoms with Crippen molar-refractivity contribution in [3.8, 4) is 11.6 Å². The lowest BCUT2D eigenvalue weighted by Gasteiger charge is -2.17. The molecule has 0 aliphatic carbocycles. The molecule has 100 valence electrons. The van der Waals surface area contributed by atoms with Gasteiger partial charge < -0.3 is 15.2 Å². The summed E-state index contributed by atoms with van der Waals surface area (Å²) in [5.74, 6) is 0.309. The molecule has 2 N–H and O–H groups in total. The molecule has 0 aromatic carbocycles. The van der Waals surface area contributed by atoms with Crippen LogP contribution < -0.4 is 15.2 Å². The molecule has 0 saturated carbocycles. The van der Waals surface area contributed by atoms with Gasteiger partial charge in [0.1, 0.15) is 0 Å². The van der Waals surface area contributed by atoms with Crippen molar-refractivity contribution in [2.24, 2.45) is 5.73 Å². The van der Waals surface area contributed by atoms with Gasteiger partial charge in [-0.25, -0.2) is 4.98 Å². The van der Waals surface area contributed by atoms with Gasteiger partial charge in [0.15, 0.2) is 5.75 Å². The minimum Gasteiger partial charge on any atom is -0.485 e. The summed E-state index contributed by atoms with van der Waals surface area (Å²) in [5.41, 5.74) is 6.18. The largest absolute Gasteiger partial charge is 0.485 e. The van der Waals surface area contributed by atoms with Crippen LogP contribution in [-0.2, 0) is 0 Å². The molecule has 5 nitrogen and oxygen atoms in total. The molecule has 0 fully saturated rings. The van der Waals surface area contributed by atoms with E-state index in [4.69, 9.17) is 15.2 Å². The molecule has 0 spiro atoms. The summed E-state index contributed by atoms with van der Waals surface area (Å²) >= 11 is 0. The maximum absolute atomic E-state index is 11.3. The quantitative estimate of drug-likeness (QED) is 0.870. The Morgan fingerprint density at radius 3 is 2.22 bits per heavy atom. The summed E-state index contributed by atoms with van der Waals surface area (Å²) in [4.78, 5) is 15.5. The molecule has 0 bridgehead atoms. The van der Waals surface area contributed by atoms with Gasteiger partial charge in [0.2, 0.25) is 0 Å². The number of hydrogen-bond donors (Lipinski definition) is 1. The molecule has 18 heavy (non-hydrogen) atoms. The number of pyridine rings is 1. The summed E-state index contributed by atoms with van der Waals surface area (Å²) in [5, 5.41) is 0. The predicted octanol–water partition coefficient (Wildman–Crippen LogP) is 2.06. The SMILES string of the molecule is Cc1nc(OC(C)C)c(OC(C)C)cc1C(N)=O. The van der Waals surface area contributed by atoms with Crippen LogP contribution in [0, 0.1) is 6.92 Å².